The highest BCUT2D eigenvalue weighted by atomic mass is 19.1. The number of pyridine rings is 1. The average Bonchev–Trinajstić information content (AvgIpc) is 2.79. The molecule has 0 bridgehead atoms. The fourth-order valence-corrected chi connectivity index (χ4v) is 3.06. The van der Waals surface area contributed by atoms with Crippen LogP contribution in [0.2, 0.25) is 0 Å². The van der Waals surface area contributed by atoms with Crippen LogP contribution in [0.3, 0.4) is 0 Å². The first kappa shape index (κ1) is 13.1. The quantitative estimate of drug-likeness (QED) is 0.802. The van der Waals surface area contributed by atoms with Crippen LogP contribution in [-0.2, 0) is 0 Å². The topological polar surface area (TPSA) is 37.6 Å². The first-order chi connectivity index (χ1) is 9.52. The lowest BCUT2D eigenvalue weighted by Crippen LogP contribution is -2.42. The van der Waals surface area contributed by atoms with Gasteiger partial charge in [0.2, 0.25) is 0 Å². The Morgan fingerprint density at radius 3 is 2.65 bits per heavy atom. The molecule has 1 aliphatic heterocycles. The molecule has 0 saturated carbocycles. The van der Waals surface area contributed by atoms with E-state index < -0.39 is 0 Å². The molecule has 3 rings (SSSR count). The van der Waals surface area contributed by atoms with E-state index >= 15 is 0 Å². The Morgan fingerprint density at radius 1 is 1.25 bits per heavy atom. The van der Waals surface area contributed by atoms with Crippen LogP contribution in [0, 0.1) is 17.7 Å². The number of amides is 1. The molecule has 0 N–H and O–H groups in total. The second-order valence-electron chi connectivity index (χ2n) is 5.90. The number of halogens is 1. The number of carbonyl (C=O) groups excluding carboxylic acids is 1. The molecular formula is C15H18FN3O. The van der Waals surface area contributed by atoms with Crippen LogP contribution in [0.15, 0.2) is 24.5 Å². The molecule has 2 aromatic rings. The molecule has 0 spiro atoms. The Balaban J connectivity index is 1.88. The number of aromatic nitrogens is 2. The van der Waals surface area contributed by atoms with E-state index in [0.717, 1.165) is 19.5 Å². The van der Waals surface area contributed by atoms with Gasteiger partial charge in [-0.05, 0) is 30.4 Å². The lowest BCUT2D eigenvalue weighted by Gasteiger charge is -2.34. The second-order valence-corrected chi connectivity index (χ2v) is 5.90. The Morgan fingerprint density at radius 2 is 1.95 bits per heavy atom. The summed E-state index contributed by atoms with van der Waals surface area (Å²) in [5.41, 5.74) is 0.977. The van der Waals surface area contributed by atoms with Crippen molar-refractivity contribution in [3.05, 3.63) is 36.0 Å². The van der Waals surface area contributed by atoms with Crippen molar-refractivity contribution in [1.29, 1.82) is 0 Å². The number of likely N-dealkylation sites (tertiary alicyclic amines) is 1. The minimum Gasteiger partial charge on any atom is -0.337 e. The summed E-state index contributed by atoms with van der Waals surface area (Å²) in [6, 6.07) is 2.93. The SMILES string of the molecule is CC1CC(C)CN(C(=O)c2cn3cc(F)ccc3n2)C1. The van der Waals surface area contributed by atoms with Crippen molar-refractivity contribution in [2.75, 3.05) is 13.1 Å². The number of carbonyl (C=O) groups is 1. The van der Waals surface area contributed by atoms with E-state index in [1.165, 1.54) is 12.3 Å². The van der Waals surface area contributed by atoms with E-state index in [2.05, 4.69) is 18.8 Å². The van der Waals surface area contributed by atoms with Gasteiger partial charge in [0.15, 0.2) is 0 Å². The molecule has 1 fully saturated rings. The predicted octanol–water partition coefficient (Wildman–Crippen LogP) is 2.59. The van der Waals surface area contributed by atoms with Gasteiger partial charge in [-0.15, -0.1) is 0 Å². The van der Waals surface area contributed by atoms with Crippen LogP contribution in [-0.4, -0.2) is 33.3 Å². The third-order valence-corrected chi connectivity index (χ3v) is 3.79. The molecule has 0 aromatic carbocycles. The summed E-state index contributed by atoms with van der Waals surface area (Å²) >= 11 is 0. The zero-order valence-corrected chi connectivity index (χ0v) is 11.7. The van der Waals surface area contributed by atoms with Crippen LogP contribution < -0.4 is 0 Å². The highest BCUT2D eigenvalue weighted by molar-refractivity contribution is 5.93. The molecule has 2 aromatic heterocycles. The van der Waals surface area contributed by atoms with Gasteiger partial charge in [-0.3, -0.25) is 4.79 Å². The first-order valence-electron chi connectivity index (χ1n) is 6.96. The third-order valence-electron chi connectivity index (χ3n) is 3.79. The lowest BCUT2D eigenvalue weighted by atomic mass is 9.92. The van der Waals surface area contributed by atoms with Crippen LogP contribution in [0.5, 0.6) is 0 Å². The van der Waals surface area contributed by atoms with E-state index in [1.54, 1.807) is 16.7 Å². The first-order valence-corrected chi connectivity index (χ1v) is 6.96. The largest absolute Gasteiger partial charge is 0.337 e. The Labute approximate surface area is 117 Å². The molecule has 1 saturated heterocycles. The molecule has 3 heterocycles. The van der Waals surface area contributed by atoms with Crippen molar-refractivity contribution in [1.82, 2.24) is 14.3 Å². The second kappa shape index (κ2) is 4.89. The highest BCUT2D eigenvalue weighted by Gasteiger charge is 2.27. The molecule has 2 unspecified atom stereocenters. The van der Waals surface area contributed by atoms with Gasteiger partial charge < -0.3 is 9.30 Å². The molecular weight excluding hydrogens is 257 g/mol. The Hall–Kier alpha value is -1.91. The number of rotatable bonds is 1. The Kier molecular flexibility index (Phi) is 3.20. The number of imidazole rings is 1. The van der Waals surface area contributed by atoms with Gasteiger partial charge in [0.05, 0.1) is 0 Å². The zero-order chi connectivity index (χ0) is 14.3. The molecule has 0 radical (unpaired) electrons. The van der Waals surface area contributed by atoms with Crippen molar-refractivity contribution in [2.45, 2.75) is 20.3 Å². The maximum Gasteiger partial charge on any atom is 0.274 e. The van der Waals surface area contributed by atoms with Crippen molar-refractivity contribution >= 4 is 11.6 Å². The van der Waals surface area contributed by atoms with Gasteiger partial charge in [0.1, 0.15) is 17.2 Å². The molecule has 1 amide bonds. The van der Waals surface area contributed by atoms with Crippen LogP contribution in [0.4, 0.5) is 4.39 Å². The lowest BCUT2D eigenvalue weighted by molar-refractivity contribution is 0.0618. The Bertz CT molecular complexity index is 642. The summed E-state index contributed by atoms with van der Waals surface area (Å²) in [5, 5.41) is 0. The van der Waals surface area contributed by atoms with Crippen molar-refractivity contribution in [3.63, 3.8) is 0 Å². The van der Waals surface area contributed by atoms with E-state index in [4.69, 9.17) is 0 Å². The molecule has 5 heteroatoms. The van der Waals surface area contributed by atoms with Crippen LogP contribution >= 0.6 is 0 Å². The zero-order valence-electron chi connectivity index (χ0n) is 11.7. The van der Waals surface area contributed by atoms with E-state index in [0.29, 0.717) is 23.2 Å². The van der Waals surface area contributed by atoms with Crippen LogP contribution in [0.25, 0.3) is 5.65 Å². The van der Waals surface area contributed by atoms with Gasteiger partial charge in [-0.2, -0.15) is 0 Å². The van der Waals surface area contributed by atoms with Crippen molar-refractivity contribution < 1.29 is 9.18 Å². The van der Waals surface area contributed by atoms with E-state index in [1.807, 2.05) is 4.90 Å². The fraction of sp³-hybridized carbons (Fsp3) is 0.467. The van der Waals surface area contributed by atoms with E-state index in [9.17, 15) is 9.18 Å². The maximum absolute atomic E-state index is 13.2. The summed E-state index contributed by atoms with van der Waals surface area (Å²) in [5.74, 6) is 0.621. The number of piperidine rings is 1. The predicted molar refractivity (Wildman–Crippen MR) is 74.0 cm³/mol. The summed E-state index contributed by atoms with van der Waals surface area (Å²) in [6.45, 7) is 5.86. The normalized spacial score (nSPS) is 23.2. The number of nitrogens with zero attached hydrogens (tertiary/aromatic N) is 3. The molecule has 4 nitrogen and oxygen atoms in total. The summed E-state index contributed by atoms with van der Waals surface area (Å²) in [4.78, 5) is 18.6. The van der Waals surface area contributed by atoms with Gasteiger partial charge in [-0.25, -0.2) is 9.37 Å². The molecule has 20 heavy (non-hydrogen) atoms. The third kappa shape index (κ3) is 2.40. The minimum absolute atomic E-state index is 0.0625. The molecule has 106 valence electrons. The van der Waals surface area contributed by atoms with Crippen molar-refractivity contribution in [3.8, 4) is 0 Å². The van der Waals surface area contributed by atoms with Gasteiger partial charge >= 0.3 is 0 Å². The monoisotopic (exact) mass is 275 g/mol. The van der Waals surface area contributed by atoms with Crippen LogP contribution in [0.1, 0.15) is 30.8 Å². The average molecular weight is 275 g/mol. The summed E-state index contributed by atoms with van der Waals surface area (Å²) < 4.78 is 14.7. The van der Waals surface area contributed by atoms with Crippen molar-refractivity contribution in [2.24, 2.45) is 11.8 Å². The molecule has 2 atom stereocenters. The number of hydrogen-bond acceptors (Lipinski definition) is 2. The number of hydrogen-bond donors (Lipinski definition) is 0. The summed E-state index contributed by atoms with van der Waals surface area (Å²) in [6.07, 6.45) is 4.09. The molecule has 0 aliphatic carbocycles. The standard InChI is InChI=1S/C15H18FN3O/c1-10-5-11(2)7-19(6-10)15(20)13-9-18-8-12(16)3-4-14(18)17-13/h3-4,8-11H,5-7H2,1-2H3. The maximum atomic E-state index is 13.2. The molecule has 1 aliphatic rings. The minimum atomic E-state index is -0.339. The summed E-state index contributed by atoms with van der Waals surface area (Å²) in [7, 11) is 0. The van der Waals surface area contributed by atoms with Gasteiger partial charge in [0.25, 0.3) is 5.91 Å². The van der Waals surface area contributed by atoms with Gasteiger partial charge in [0, 0.05) is 25.5 Å². The number of fused-ring (bicyclic) bond motifs is 1. The smallest absolute Gasteiger partial charge is 0.274 e. The highest BCUT2D eigenvalue weighted by Crippen LogP contribution is 2.22. The fourth-order valence-electron chi connectivity index (χ4n) is 3.06. The van der Waals surface area contributed by atoms with E-state index in [-0.39, 0.29) is 11.7 Å². The van der Waals surface area contributed by atoms with Gasteiger partial charge in [-0.1, -0.05) is 13.8 Å².